The summed E-state index contributed by atoms with van der Waals surface area (Å²) in [5, 5.41) is 0. The highest BCUT2D eigenvalue weighted by molar-refractivity contribution is 5.81. The van der Waals surface area contributed by atoms with Crippen molar-refractivity contribution in [3.05, 3.63) is 28.1 Å². The molecule has 0 N–H and O–H groups in total. The molecule has 0 fully saturated rings. The van der Waals surface area contributed by atoms with Crippen molar-refractivity contribution in [1.29, 1.82) is 0 Å². The molecular weight excluding hydrogens is 338 g/mol. The van der Waals surface area contributed by atoms with Gasteiger partial charge in [0.1, 0.15) is 11.6 Å². The van der Waals surface area contributed by atoms with Crippen molar-refractivity contribution in [3.63, 3.8) is 0 Å². The lowest BCUT2D eigenvalue weighted by Crippen LogP contribution is -2.39. The molecule has 27 heavy (non-hydrogen) atoms. The number of likely N-dealkylation sites (N-methyl/N-ethyl adjacent to an activating group) is 2. The highest BCUT2D eigenvalue weighted by Crippen LogP contribution is 2.22. The van der Waals surface area contributed by atoms with Crippen LogP contribution in [-0.2, 0) is 22.7 Å². The third-order valence-electron chi connectivity index (χ3n) is 6.05. The lowest BCUT2D eigenvalue weighted by atomic mass is 10.00. The molecule has 152 valence electrons. The summed E-state index contributed by atoms with van der Waals surface area (Å²) in [5.74, 6) is 0.344. The van der Waals surface area contributed by atoms with Gasteiger partial charge in [-0.1, -0.05) is 13.8 Å². The standard InChI is InChI=1S/C22H37N3O2/c1-10-24(17(6)19(8)26)12-21-15(4)14(3)16(5)22(23-21)13-25(11-2)18(7)20(9)27/h17-18H,10-13H2,1-9H3. The van der Waals surface area contributed by atoms with Gasteiger partial charge in [0.05, 0.1) is 23.5 Å². The van der Waals surface area contributed by atoms with Crippen LogP contribution in [0.3, 0.4) is 0 Å². The molecule has 0 spiro atoms. The van der Waals surface area contributed by atoms with E-state index in [1.54, 1.807) is 13.8 Å². The molecule has 5 heteroatoms. The largest absolute Gasteiger partial charge is 0.298 e. The molecule has 0 saturated heterocycles. The Balaban J connectivity index is 3.25. The number of Topliss-reactive ketones (excluding diaryl/α,β-unsaturated/α-hetero) is 2. The van der Waals surface area contributed by atoms with E-state index in [-0.39, 0.29) is 23.7 Å². The Hall–Kier alpha value is -1.59. The first-order valence-electron chi connectivity index (χ1n) is 9.99. The van der Waals surface area contributed by atoms with E-state index in [0.29, 0.717) is 13.1 Å². The molecule has 1 heterocycles. The second kappa shape index (κ2) is 10.1. The summed E-state index contributed by atoms with van der Waals surface area (Å²) in [5.41, 5.74) is 5.67. The van der Waals surface area contributed by atoms with E-state index in [1.807, 2.05) is 13.8 Å². The van der Waals surface area contributed by atoms with Crippen LogP contribution >= 0.6 is 0 Å². The third kappa shape index (κ3) is 5.69. The molecule has 2 atom stereocenters. The summed E-state index contributed by atoms with van der Waals surface area (Å²) >= 11 is 0. The van der Waals surface area contributed by atoms with E-state index in [9.17, 15) is 9.59 Å². The van der Waals surface area contributed by atoms with Crippen molar-refractivity contribution in [1.82, 2.24) is 14.8 Å². The van der Waals surface area contributed by atoms with E-state index in [4.69, 9.17) is 4.98 Å². The quantitative estimate of drug-likeness (QED) is 0.625. The van der Waals surface area contributed by atoms with Gasteiger partial charge in [-0.15, -0.1) is 0 Å². The van der Waals surface area contributed by atoms with Crippen molar-refractivity contribution >= 4 is 11.6 Å². The molecular formula is C22H37N3O2. The van der Waals surface area contributed by atoms with E-state index >= 15 is 0 Å². The topological polar surface area (TPSA) is 53.5 Å². The van der Waals surface area contributed by atoms with E-state index in [1.165, 1.54) is 16.7 Å². The van der Waals surface area contributed by atoms with Crippen molar-refractivity contribution in [2.24, 2.45) is 0 Å². The number of nitrogens with zero attached hydrogens (tertiary/aromatic N) is 3. The number of rotatable bonds is 10. The minimum atomic E-state index is -0.119. The molecule has 0 bridgehead atoms. The molecule has 0 radical (unpaired) electrons. The minimum Gasteiger partial charge on any atom is -0.298 e. The summed E-state index contributed by atoms with van der Waals surface area (Å²) in [6, 6.07) is -0.239. The molecule has 2 unspecified atom stereocenters. The average molecular weight is 376 g/mol. The van der Waals surface area contributed by atoms with Gasteiger partial charge in [-0.2, -0.15) is 0 Å². The number of carbonyl (C=O) groups is 2. The first-order valence-corrected chi connectivity index (χ1v) is 9.99. The van der Waals surface area contributed by atoms with Gasteiger partial charge in [0.25, 0.3) is 0 Å². The molecule has 1 rings (SSSR count). The van der Waals surface area contributed by atoms with Crippen LogP contribution in [0.1, 0.15) is 69.6 Å². The Labute approximate surface area is 165 Å². The van der Waals surface area contributed by atoms with Crippen LogP contribution in [0.15, 0.2) is 0 Å². The maximum absolute atomic E-state index is 11.8. The van der Waals surface area contributed by atoms with Crippen molar-refractivity contribution in [2.75, 3.05) is 13.1 Å². The van der Waals surface area contributed by atoms with Gasteiger partial charge in [-0.25, -0.2) is 0 Å². The second-order valence-electron chi connectivity index (χ2n) is 7.58. The fourth-order valence-corrected chi connectivity index (χ4v) is 3.30. The SMILES string of the molecule is CCN(Cc1nc(CN(CC)C(C)C(C)=O)c(C)c(C)c1C)C(C)C(C)=O. The fourth-order valence-electron chi connectivity index (χ4n) is 3.30. The smallest absolute Gasteiger partial charge is 0.146 e. The number of aromatic nitrogens is 1. The molecule has 0 aliphatic heterocycles. The molecule has 1 aromatic rings. The van der Waals surface area contributed by atoms with Crippen molar-refractivity contribution in [3.8, 4) is 0 Å². The van der Waals surface area contributed by atoms with Gasteiger partial charge in [0, 0.05) is 13.1 Å². The Morgan fingerprint density at radius 2 is 1.11 bits per heavy atom. The molecule has 0 aromatic carbocycles. The first kappa shape index (κ1) is 23.4. The summed E-state index contributed by atoms with van der Waals surface area (Å²) in [7, 11) is 0. The highest BCUT2D eigenvalue weighted by atomic mass is 16.1. The van der Waals surface area contributed by atoms with Crippen molar-refractivity contribution in [2.45, 2.75) is 87.5 Å². The van der Waals surface area contributed by atoms with E-state index in [2.05, 4.69) is 44.4 Å². The first-order chi connectivity index (χ1) is 12.5. The number of carbonyl (C=O) groups excluding carboxylic acids is 2. The fraction of sp³-hybridized carbons (Fsp3) is 0.682. The minimum absolute atomic E-state index is 0.119. The average Bonchev–Trinajstić information content (AvgIpc) is 2.63. The summed E-state index contributed by atoms with van der Waals surface area (Å²) in [6.07, 6.45) is 0. The number of ketones is 2. The number of hydrogen-bond donors (Lipinski definition) is 0. The maximum atomic E-state index is 11.8. The van der Waals surface area contributed by atoms with E-state index < -0.39 is 0 Å². The van der Waals surface area contributed by atoms with Crippen molar-refractivity contribution < 1.29 is 9.59 Å². The van der Waals surface area contributed by atoms with Gasteiger partial charge in [0.2, 0.25) is 0 Å². The zero-order valence-electron chi connectivity index (χ0n) is 18.6. The summed E-state index contributed by atoms with van der Waals surface area (Å²) in [6.45, 7) is 20.6. The molecule has 5 nitrogen and oxygen atoms in total. The Morgan fingerprint density at radius 1 is 0.778 bits per heavy atom. The zero-order valence-corrected chi connectivity index (χ0v) is 18.6. The Bertz CT molecular complexity index is 630. The highest BCUT2D eigenvalue weighted by Gasteiger charge is 2.22. The van der Waals surface area contributed by atoms with Crippen LogP contribution in [0, 0.1) is 20.8 Å². The maximum Gasteiger partial charge on any atom is 0.146 e. The van der Waals surface area contributed by atoms with Gasteiger partial charge in [0.15, 0.2) is 0 Å². The lowest BCUT2D eigenvalue weighted by molar-refractivity contribution is -0.122. The van der Waals surface area contributed by atoms with Crippen LogP contribution in [-0.4, -0.2) is 51.5 Å². The predicted molar refractivity (Wildman–Crippen MR) is 111 cm³/mol. The van der Waals surface area contributed by atoms with Gasteiger partial charge >= 0.3 is 0 Å². The van der Waals surface area contributed by atoms with Crippen LogP contribution in [0.5, 0.6) is 0 Å². The van der Waals surface area contributed by atoms with Crippen LogP contribution in [0.2, 0.25) is 0 Å². The van der Waals surface area contributed by atoms with E-state index in [0.717, 1.165) is 24.5 Å². The second-order valence-corrected chi connectivity index (χ2v) is 7.58. The molecule has 0 aliphatic rings. The van der Waals surface area contributed by atoms with Crippen LogP contribution in [0.25, 0.3) is 0 Å². The summed E-state index contributed by atoms with van der Waals surface area (Å²) in [4.78, 5) is 33.0. The molecule has 0 saturated carbocycles. The Morgan fingerprint density at radius 3 is 1.37 bits per heavy atom. The lowest BCUT2D eigenvalue weighted by Gasteiger charge is -2.29. The van der Waals surface area contributed by atoms with Gasteiger partial charge in [-0.05, 0) is 78.2 Å². The van der Waals surface area contributed by atoms with Gasteiger partial charge in [-0.3, -0.25) is 24.4 Å². The molecule has 0 amide bonds. The molecule has 0 aliphatic carbocycles. The third-order valence-corrected chi connectivity index (χ3v) is 6.05. The normalized spacial score (nSPS) is 13.9. The predicted octanol–water partition coefficient (Wildman–Crippen LogP) is 3.61. The monoisotopic (exact) mass is 375 g/mol. The summed E-state index contributed by atoms with van der Waals surface area (Å²) < 4.78 is 0. The van der Waals surface area contributed by atoms with Crippen LogP contribution in [0.4, 0.5) is 0 Å². The zero-order chi connectivity index (χ0) is 20.9. The Kier molecular flexibility index (Phi) is 8.76. The molecule has 1 aromatic heterocycles. The van der Waals surface area contributed by atoms with Crippen LogP contribution < -0.4 is 0 Å². The number of pyridine rings is 1. The van der Waals surface area contributed by atoms with Gasteiger partial charge < -0.3 is 0 Å². The number of hydrogen-bond acceptors (Lipinski definition) is 5.